The molecule has 8 heteroatoms. The van der Waals surface area contributed by atoms with Crippen molar-refractivity contribution in [1.82, 2.24) is 0 Å². The second-order valence-corrected chi connectivity index (χ2v) is 5.12. The lowest BCUT2D eigenvalue weighted by Gasteiger charge is -2.20. The minimum absolute atomic E-state index is 0.139. The van der Waals surface area contributed by atoms with Gasteiger partial charge >= 0.3 is 12.1 Å². The second-order valence-electron chi connectivity index (χ2n) is 5.12. The van der Waals surface area contributed by atoms with E-state index < -0.39 is 24.0 Å². The standard InChI is InChI=1S/C15H16F3NO4/c16-15(17,18)11-6-4-10(5-7-11)9-12(14(20)21)19-23-13-3-1-2-8-22-13/h4-7,13H,1-3,8-9H2,(H,20,21)/b19-12+. The van der Waals surface area contributed by atoms with Crippen LogP contribution in [-0.4, -0.2) is 29.7 Å². The summed E-state index contributed by atoms with van der Waals surface area (Å²) < 4.78 is 42.7. The van der Waals surface area contributed by atoms with Crippen LogP contribution < -0.4 is 0 Å². The largest absolute Gasteiger partial charge is 0.477 e. The number of halogens is 3. The Morgan fingerprint density at radius 3 is 2.52 bits per heavy atom. The summed E-state index contributed by atoms with van der Waals surface area (Å²) in [4.78, 5) is 16.2. The number of rotatable bonds is 5. The highest BCUT2D eigenvalue weighted by Crippen LogP contribution is 2.29. The SMILES string of the molecule is O=C(O)/C(Cc1ccc(C(F)(F)F)cc1)=N/OC1CCCCO1. The van der Waals surface area contributed by atoms with Crippen LogP contribution >= 0.6 is 0 Å². The summed E-state index contributed by atoms with van der Waals surface area (Å²) in [6.45, 7) is 0.529. The Morgan fingerprint density at radius 1 is 1.30 bits per heavy atom. The molecule has 5 nitrogen and oxygen atoms in total. The molecule has 0 bridgehead atoms. The highest BCUT2D eigenvalue weighted by atomic mass is 19.4. The first-order valence-corrected chi connectivity index (χ1v) is 7.10. The van der Waals surface area contributed by atoms with E-state index in [1.807, 2.05) is 0 Å². The molecule has 0 aliphatic carbocycles. The molecule has 23 heavy (non-hydrogen) atoms. The van der Waals surface area contributed by atoms with Crippen molar-refractivity contribution in [2.24, 2.45) is 5.16 Å². The highest BCUT2D eigenvalue weighted by Gasteiger charge is 2.30. The maximum atomic E-state index is 12.5. The number of nitrogens with zero attached hydrogens (tertiary/aromatic N) is 1. The third-order valence-corrected chi connectivity index (χ3v) is 3.32. The molecule has 0 radical (unpaired) electrons. The number of ether oxygens (including phenoxy) is 1. The number of carboxylic acid groups (broad SMARTS) is 1. The van der Waals surface area contributed by atoms with Gasteiger partial charge < -0.3 is 14.7 Å². The second kappa shape index (κ2) is 7.45. The molecular formula is C15H16F3NO4. The van der Waals surface area contributed by atoms with Crippen LogP contribution in [0.3, 0.4) is 0 Å². The van der Waals surface area contributed by atoms with Gasteiger partial charge in [0.15, 0.2) is 5.71 Å². The Kier molecular flexibility index (Phi) is 5.59. The van der Waals surface area contributed by atoms with Gasteiger partial charge in [-0.1, -0.05) is 17.3 Å². The fourth-order valence-electron chi connectivity index (χ4n) is 2.07. The van der Waals surface area contributed by atoms with Gasteiger partial charge in [-0.05, 0) is 30.5 Å². The molecule has 0 amide bonds. The van der Waals surface area contributed by atoms with Crippen LogP contribution in [0.4, 0.5) is 13.2 Å². The Balaban J connectivity index is 2.02. The molecule has 126 valence electrons. The molecule has 0 spiro atoms. The van der Waals surface area contributed by atoms with Gasteiger partial charge in [0.2, 0.25) is 6.29 Å². The lowest BCUT2D eigenvalue weighted by Crippen LogP contribution is -2.23. The van der Waals surface area contributed by atoms with Crippen LogP contribution in [0, 0.1) is 0 Å². The van der Waals surface area contributed by atoms with Crippen molar-refractivity contribution >= 4 is 11.7 Å². The van der Waals surface area contributed by atoms with E-state index in [2.05, 4.69) is 5.16 Å². The van der Waals surface area contributed by atoms with Crippen LogP contribution in [-0.2, 0) is 27.0 Å². The molecule has 1 N–H and O–H groups in total. The summed E-state index contributed by atoms with van der Waals surface area (Å²) in [5.41, 5.74) is -0.687. The first kappa shape index (κ1) is 17.3. The number of hydrogen-bond acceptors (Lipinski definition) is 4. The van der Waals surface area contributed by atoms with E-state index in [9.17, 15) is 18.0 Å². The minimum atomic E-state index is -4.43. The topological polar surface area (TPSA) is 68.1 Å². The van der Waals surface area contributed by atoms with Crippen molar-refractivity contribution in [2.45, 2.75) is 38.1 Å². The summed E-state index contributed by atoms with van der Waals surface area (Å²) in [5.74, 6) is -1.29. The zero-order valence-corrected chi connectivity index (χ0v) is 12.2. The molecule has 1 aliphatic heterocycles. The summed E-state index contributed by atoms with van der Waals surface area (Å²) in [6.07, 6.45) is -2.70. The van der Waals surface area contributed by atoms with Gasteiger partial charge in [0.1, 0.15) is 0 Å². The first-order chi connectivity index (χ1) is 10.9. The first-order valence-electron chi connectivity index (χ1n) is 7.10. The zero-order chi connectivity index (χ0) is 16.9. The fourth-order valence-corrected chi connectivity index (χ4v) is 2.07. The third kappa shape index (κ3) is 5.24. The van der Waals surface area contributed by atoms with E-state index in [1.165, 1.54) is 12.1 Å². The van der Waals surface area contributed by atoms with Crippen LogP contribution in [0.25, 0.3) is 0 Å². The molecule has 1 unspecified atom stereocenters. The van der Waals surface area contributed by atoms with Crippen LogP contribution in [0.2, 0.25) is 0 Å². The van der Waals surface area contributed by atoms with Crippen LogP contribution in [0.15, 0.2) is 29.4 Å². The fraction of sp³-hybridized carbons (Fsp3) is 0.467. The predicted octanol–water partition coefficient (Wildman–Crippen LogP) is 3.23. The number of hydrogen-bond donors (Lipinski definition) is 1. The Labute approximate surface area is 130 Å². The summed E-state index contributed by atoms with van der Waals surface area (Å²) in [6, 6.07) is 4.25. The van der Waals surface area contributed by atoms with Crippen LogP contribution in [0.5, 0.6) is 0 Å². The average Bonchev–Trinajstić information content (AvgIpc) is 2.51. The van der Waals surface area contributed by atoms with Crippen molar-refractivity contribution in [3.05, 3.63) is 35.4 Å². The summed E-state index contributed by atoms with van der Waals surface area (Å²) >= 11 is 0. The van der Waals surface area contributed by atoms with Gasteiger partial charge in [0, 0.05) is 12.8 Å². The van der Waals surface area contributed by atoms with E-state index in [0.29, 0.717) is 18.6 Å². The van der Waals surface area contributed by atoms with Gasteiger partial charge in [-0.25, -0.2) is 4.79 Å². The molecular weight excluding hydrogens is 315 g/mol. The number of oxime groups is 1. The Hall–Kier alpha value is -2.09. The van der Waals surface area contributed by atoms with Gasteiger partial charge in [0.25, 0.3) is 0 Å². The van der Waals surface area contributed by atoms with E-state index >= 15 is 0 Å². The molecule has 1 saturated heterocycles. The van der Waals surface area contributed by atoms with Gasteiger partial charge in [-0.2, -0.15) is 13.2 Å². The quantitative estimate of drug-likeness (QED) is 0.664. The van der Waals surface area contributed by atoms with Crippen molar-refractivity contribution < 1.29 is 32.6 Å². The van der Waals surface area contributed by atoms with Crippen molar-refractivity contribution in [1.29, 1.82) is 0 Å². The van der Waals surface area contributed by atoms with Crippen molar-refractivity contribution in [2.75, 3.05) is 6.61 Å². The lowest BCUT2D eigenvalue weighted by atomic mass is 10.1. The lowest BCUT2D eigenvalue weighted by molar-refractivity contribution is -0.162. The Morgan fingerprint density at radius 2 is 2.00 bits per heavy atom. The molecule has 1 heterocycles. The van der Waals surface area contributed by atoms with E-state index in [4.69, 9.17) is 14.7 Å². The van der Waals surface area contributed by atoms with E-state index in [1.54, 1.807) is 0 Å². The predicted molar refractivity (Wildman–Crippen MR) is 74.9 cm³/mol. The average molecular weight is 331 g/mol. The number of carbonyl (C=O) groups is 1. The van der Waals surface area contributed by atoms with Crippen molar-refractivity contribution in [3.63, 3.8) is 0 Å². The molecule has 0 saturated carbocycles. The molecule has 1 aromatic carbocycles. The number of alkyl halides is 3. The van der Waals surface area contributed by atoms with Crippen LogP contribution in [0.1, 0.15) is 30.4 Å². The van der Waals surface area contributed by atoms with Gasteiger partial charge in [-0.3, -0.25) is 0 Å². The van der Waals surface area contributed by atoms with Gasteiger partial charge in [0.05, 0.1) is 12.2 Å². The van der Waals surface area contributed by atoms with E-state index in [-0.39, 0.29) is 12.1 Å². The Bertz CT molecular complexity index is 563. The minimum Gasteiger partial charge on any atom is -0.477 e. The maximum Gasteiger partial charge on any atom is 0.416 e. The molecule has 2 rings (SSSR count). The number of benzene rings is 1. The normalized spacial score (nSPS) is 19.4. The van der Waals surface area contributed by atoms with Gasteiger partial charge in [-0.15, -0.1) is 0 Å². The molecule has 1 atom stereocenters. The third-order valence-electron chi connectivity index (χ3n) is 3.32. The van der Waals surface area contributed by atoms with E-state index in [0.717, 1.165) is 25.0 Å². The monoisotopic (exact) mass is 331 g/mol. The maximum absolute atomic E-state index is 12.5. The van der Waals surface area contributed by atoms with Crippen molar-refractivity contribution in [3.8, 4) is 0 Å². The summed E-state index contributed by atoms with van der Waals surface area (Å²) in [7, 11) is 0. The molecule has 1 aromatic rings. The number of carboxylic acids is 1. The zero-order valence-electron chi connectivity index (χ0n) is 12.2. The summed E-state index contributed by atoms with van der Waals surface area (Å²) in [5, 5.41) is 12.7. The highest BCUT2D eigenvalue weighted by molar-refractivity contribution is 6.35. The number of aliphatic carboxylic acids is 1. The molecule has 0 aromatic heterocycles. The molecule has 1 aliphatic rings. The molecule has 1 fully saturated rings. The smallest absolute Gasteiger partial charge is 0.416 e.